The Hall–Kier alpha value is -3.48. The molecule has 1 aliphatic carbocycles. The monoisotopic (exact) mass is 587 g/mol. The molecule has 42 heavy (non-hydrogen) atoms. The number of methoxy groups -OCH3 is 1. The van der Waals surface area contributed by atoms with Gasteiger partial charge in [-0.3, -0.25) is 4.79 Å². The van der Waals surface area contributed by atoms with Crippen LogP contribution in [-0.2, 0) is 10.9 Å². The lowest BCUT2D eigenvalue weighted by atomic mass is 9.80. The number of nitrogens with one attached hydrogen (secondary N) is 1. The molecule has 0 bridgehead atoms. The average Bonchev–Trinajstić information content (AvgIpc) is 3.42. The molecule has 5 rings (SSSR count). The number of piperazine rings is 1. The van der Waals surface area contributed by atoms with Crippen LogP contribution in [0.5, 0.6) is 5.88 Å². The zero-order valence-corrected chi connectivity index (χ0v) is 23.5. The van der Waals surface area contributed by atoms with Crippen LogP contribution in [0.2, 0.25) is 0 Å². The van der Waals surface area contributed by atoms with Crippen molar-refractivity contribution in [2.45, 2.75) is 56.0 Å². The van der Waals surface area contributed by atoms with Gasteiger partial charge in [-0.2, -0.15) is 13.2 Å². The number of hydrogen-bond donors (Lipinski definition) is 2. The topological polar surface area (TPSA) is 102 Å². The number of halogens is 3. The molecule has 0 unspecified atom stereocenters. The first-order valence-electron chi connectivity index (χ1n) is 14.2. The minimum absolute atomic E-state index is 0.0799. The van der Waals surface area contributed by atoms with Gasteiger partial charge >= 0.3 is 6.18 Å². The number of pyridine rings is 1. The summed E-state index contributed by atoms with van der Waals surface area (Å²) in [5, 5.41) is 14.9. The third-order valence-electron chi connectivity index (χ3n) is 8.11. The highest BCUT2D eigenvalue weighted by Crippen LogP contribution is 2.41. The van der Waals surface area contributed by atoms with Gasteiger partial charge in [0.25, 0.3) is 5.91 Å². The number of hydrogen-bond acceptors (Lipinski definition) is 7. The van der Waals surface area contributed by atoms with E-state index in [0.717, 1.165) is 43.2 Å². The van der Waals surface area contributed by atoms with Crippen molar-refractivity contribution >= 4 is 5.91 Å². The molecule has 3 aromatic rings. The fraction of sp³-hybridized carbons (Fsp3) is 0.500. The Morgan fingerprint density at radius 1 is 1.19 bits per heavy atom. The molecule has 3 atom stereocenters. The van der Waals surface area contributed by atoms with Crippen LogP contribution < -0.4 is 10.1 Å². The van der Waals surface area contributed by atoms with E-state index in [1.165, 1.54) is 0 Å². The summed E-state index contributed by atoms with van der Waals surface area (Å²) in [7, 11) is 1.57. The van der Waals surface area contributed by atoms with Crippen molar-refractivity contribution in [2.24, 2.45) is 0 Å². The third-order valence-corrected chi connectivity index (χ3v) is 8.11. The molecule has 0 spiro atoms. The zero-order valence-electron chi connectivity index (χ0n) is 23.5. The maximum Gasteiger partial charge on any atom is 0.416 e. The Morgan fingerprint density at radius 2 is 2.00 bits per heavy atom. The fourth-order valence-corrected chi connectivity index (χ4v) is 6.04. The first-order valence-corrected chi connectivity index (χ1v) is 14.2. The van der Waals surface area contributed by atoms with Crippen molar-refractivity contribution < 1.29 is 32.5 Å². The van der Waals surface area contributed by atoms with Crippen molar-refractivity contribution in [3.05, 3.63) is 66.2 Å². The van der Waals surface area contributed by atoms with Gasteiger partial charge in [0.2, 0.25) is 5.88 Å². The molecule has 1 amide bonds. The van der Waals surface area contributed by atoms with E-state index in [4.69, 9.17) is 9.47 Å². The number of nitrogens with zero attached hydrogens (tertiary/aromatic N) is 4. The molecule has 226 valence electrons. The molecule has 1 saturated carbocycles. The lowest BCUT2D eigenvalue weighted by molar-refractivity contribution is -0.137. The minimum Gasteiger partial charge on any atom is -0.478 e. The Bertz CT molecular complexity index is 1350. The van der Waals surface area contributed by atoms with Crippen LogP contribution in [0.3, 0.4) is 0 Å². The third kappa shape index (κ3) is 6.45. The quantitative estimate of drug-likeness (QED) is 0.384. The molecular formula is C30H36F3N5O4. The van der Waals surface area contributed by atoms with Crippen molar-refractivity contribution in [2.75, 3.05) is 40.0 Å². The van der Waals surface area contributed by atoms with Gasteiger partial charge in [-0.25, -0.2) is 9.97 Å². The highest BCUT2D eigenvalue weighted by Gasteiger charge is 2.42. The smallest absolute Gasteiger partial charge is 0.416 e. The van der Waals surface area contributed by atoms with Crippen molar-refractivity contribution in [1.82, 2.24) is 24.8 Å². The molecule has 2 aliphatic rings. The van der Waals surface area contributed by atoms with Crippen LogP contribution in [-0.4, -0.2) is 82.0 Å². The molecular weight excluding hydrogens is 551 g/mol. The van der Waals surface area contributed by atoms with Gasteiger partial charge in [-0.1, -0.05) is 43.2 Å². The fourth-order valence-electron chi connectivity index (χ4n) is 6.04. The van der Waals surface area contributed by atoms with E-state index in [9.17, 15) is 23.1 Å². The average molecular weight is 588 g/mol. The maximum atomic E-state index is 14.1. The molecule has 12 heteroatoms. The molecule has 0 radical (unpaired) electrons. The number of benzene rings is 1. The summed E-state index contributed by atoms with van der Waals surface area (Å²) in [6.07, 6.45) is 1.74. The molecule has 9 nitrogen and oxygen atoms in total. The van der Waals surface area contributed by atoms with E-state index < -0.39 is 17.3 Å². The van der Waals surface area contributed by atoms with E-state index in [-0.39, 0.29) is 37.1 Å². The number of amides is 1. The van der Waals surface area contributed by atoms with E-state index in [1.54, 1.807) is 18.3 Å². The predicted octanol–water partition coefficient (Wildman–Crippen LogP) is 4.34. The number of carbonyl (C=O) groups is 1. The number of carbonyl (C=O) groups excluding carboxylic acids is 1. The molecule has 2 aromatic heterocycles. The van der Waals surface area contributed by atoms with Crippen molar-refractivity contribution in [3.63, 3.8) is 0 Å². The van der Waals surface area contributed by atoms with Gasteiger partial charge < -0.3 is 29.4 Å². The summed E-state index contributed by atoms with van der Waals surface area (Å²) in [4.78, 5) is 24.4. The molecule has 1 aliphatic heterocycles. The Balaban J connectivity index is 1.39. The lowest BCUT2D eigenvalue weighted by Crippen LogP contribution is -2.54. The summed E-state index contributed by atoms with van der Waals surface area (Å²) < 4.78 is 52.1. The zero-order chi connectivity index (χ0) is 29.7. The number of aliphatic hydroxyl groups is 1. The van der Waals surface area contributed by atoms with Gasteiger partial charge in [-0.05, 0) is 18.9 Å². The molecule has 2 N–H and O–H groups in total. The largest absolute Gasteiger partial charge is 0.478 e. The van der Waals surface area contributed by atoms with Crippen LogP contribution in [0.4, 0.5) is 13.2 Å². The highest BCUT2D eigenvalue weighted by atomic mass is 19.4. The van der Waals surface area contributed by atoms with E-state index in [0.29, 0.717) is 43.9 Å². The highest BCUT2D eigenvalue weighted by molar-refractivity contribution is 5.98. The van der Waals surface area contributed by atoms with E-state index in [1.807, 2.05) is 34.9 Å². The number of imidazole rings is 1. The Morgan fingerprint density at radius 3 is 2.76 bits per heavy atom. The second-order valence-corrected chi connectivity index (χ2v) is 10.9. The minimum atomic E-state index is -4.49. The first-order chi connectivity index (χ1) is 20.2. The SMILES string of the molecule is COC[C@]1(O)CCCC[C@H]1n1cnc(C(=O)N2CCNC[C@H]2CCOc2cc(C(F)(F)F)ccn2)c1-c1ccccc1. The van der Waals surface area contributed by atoms with Gasteiger partial charge in [0.1, 0.15) is 5.60 Å². The number of rotatable bonds is 9. The van der Waals surface area contributed by atoms with Gasteiger partial charge in [-0.15, -0.1) is 0 Å². The normalized spacial score (nSPS) is 23.1. The summed E-state index contributed by atoms with van der Waals surface area (Å²) >= 11 is 0. The molecule has 3 heterocycles. The second kappa shape index (κ2) is 12.8. The van der Waals surface area contributed by atoms with Crippen LogP contribution >= 0.6 is 0 Å². The summed E-state index contributed by atoms with van der Waals surface area (Å²) in [5.74, 6) is -0.366. The number of ether oxygens (including phenoxy) is 2. The van der Waals surface area contributed by atoms with Gasteiger partial charge in [0, 0.05) is 57.0 Å². The summed E-state index contributed by atoms with van der Waals surface area (Å²) in [6.45, 7) is 1.78. The van der Waals surface area contributed by atoms with Gasteiger partial charge in [0.15, 0.2) is 5.69 Å². The second-order valence-electron chi connectivity index (χ2n) is 10.9. The van der Waals surface area contributed by atoms with Crippen LogP contribution in [0.25, 0.3) is 11.3 Å². The lowest BCUT2D eigenvalue weighted by Gasteiger charge is -2.41. The Kier molecular flexibility index (Phi) is 9.14. The maximum absolute atomic E-state index is 14.1. The first kappa shape index (κ1) is 30.0. The van der Waals surface area contributed by atoms with E-state index >= 15 is 0 Å². The van der Waals surface area contributed by atoms with Gasteiger partial charge in [0.05, 0.1) is 36.8 Å². The summed E-state index contributed by atoms with van der Waals surface area (Å²) in [6, 6.07) is 10.7. The number of alkyl halides is 3. The number of aromatic nitrogens is 3. The van der Waals surface area contributed by atoms with Crippen LogP contribution in [0, 0.1) is 0 Å². The Labute approximate surface area is 242 Å². The van der Waals surface area contributed by atoms with Crippen molar-refractivity contribution in [3.8, 4) is 17.1 Å². The standard InChI is InChI=1S/C30H36F3N5O4/c1-41-19-29(40)12-6-5-9-24(29)38-20-36-26(27(38)21-7-3-2-4-8-21)28(39)37-15-14-34-18-23(37)11-16-42-25-17-22(10-13-35-25)30(31,32)33/h2-4,7-8,10,13,17,20,23-24,34,40H,5-6,9,11-12,14-16,18-19H2,1H3/t23-,24-,29-/m1/s1. The molecule has 1 aromatic carbocycles. The van der Waals surface area contributed by atoms with Crippen LogP contribution in [0.15, 0.2) is 55.0 Å². The van der Waals surface area contributed by atoms with Crippen LogP contribution in [0.1, 0.15) is 54.2 Å². The van der Waals surface area contributed by atoms with E-state index in [2.05, 4.69) is 15.3 Å². The summed E-state index contributed by atoms with van der Waals surface area (Å²) in [5.41, 5.74) is -0.177. The molecule has 2 fully saturated rings. The predicted molar refractivity (Wildman–Crippen MR) is 149 cm³/mol. The van der Waals surface area contributed by atoms with Crippen molar-refractivity contribution in [1.29, 1.82) is 0 Å². The molecule has 1 saturated heterocycles.